The van der Waals surface area contributed by atoms with E-state index in [1.807, 2.05) is 0 Å². The highest BCUT2D eigenvalue weighted by atomic mass is 79.9. The van der Waals surface area contributed by atoms with Crippen LogP contribution in [0, 0.1) is 17.0 Å². The fourth-order valence-electron chi connectivity index (χ4n) is 2.71. The lowest BCUT2D eigenvalue weighted by Gasteiger charge is -2.43. The van der Waals surface area contributed by atoms with Gasteiger partial charge >= 0.3 is 0 Å². The number of rotatable bonds is 2. The Hall–Kier alpha value is -0.520. The molecule has 1 aromatic rings. The SMILES string of the molecule is CC(C)(C)C1CNCCN1Cc1c(F)ccc(Br)c1F. The Morgan fingerprint density at radius 2 is 2.05 bits per heavy atom. The maximum atomic E-state index is 14.1. The highest BCUT2D eigenvalue weighted by Gasteiger charge is 2.33. The van der Waals surface area contributed by atoms with E-state index in [4.69, 9.17) is 0 Å². The number of hydrogen-bond donors (Lipinski definition) is 1. The highest BCUT2D eigenvalue weighted by Crippen LogP contribution is 2.29. The van der Waals surface area contributed by atoms with Crippen LogP contribution < -0.4 is 5.32 Å². The second-order valence-corrected chi connectivity index (χ2v) is 7.23. The molecule has 0 amide bonds. The summed E-state index contributed by atoms with van der Waals surface area (Å²) in [6, 6.07) is 2.98. The van der Waals surface area contributed by atoms with Gasteiger partial charge in [-0.3, -0.25) is 4.90 Å². The number of nitrogens with zero attached hydrogens (tertiary/aromatic N) is 1. The first-order valence-electron chi connectivity index (χ1n) is 6.88. The molecule has 1 aromatic carbocycles. The van der Waals surface area contributed by atoms with Gasteiger partial charge < -0.3 is 5.32 Å². The second-order valence-electron chi connectivity index (χ2n) is 6.38. The van der Waals surface area contributed by atoms with Crippen LogP contribution in [0.2, 0.25) is 0 Å². The van der Waals surface area contributed by atoms with Crippen molar-refractivity contribution in [3.63, 3.8) is 0 Å². The Morgan fingerprint density at radius 3 is 2.70 bits per heavy atom. The van der Waals surface area contributed by atoms with Crippen LogP contribution in [0.15, 0.2) is 16.6 Å². The zero-order valence-corrected chi connectivity index (χ0v) is 13.7. The van der Waals surface area contributed by atoms with Crippen molar-refractivity contribution in [1.82, 2.24) is 10.2 Å². The van der Waals surface area contributed by atoms with Crippen molar-refractivity contribution >= 4 is 15.9 Å². The summed E-state index contributed by atoms with van der Waals surface area (Å²) in [4.78, 5) is 2.17. The molecular formula is C15H21BrF2N2. The van der Waals surface area contributed by atoms with Gasteiger partial charge in [0.1, 0.15) is 11.6 Å². The van der Waals surface area contributed by atoms with Crippen LogP contribution in [0.3, 0.4) is 0 Å². The Bertz CT molecular complexity index is 485. The molecule has 2 nitrogen and oxygen atoms in total. The molecule has 1 aliphatic heterocycles. The second kappa shape index (κ2) is 6.08. The lowest BCUT2D eigenvalue weighted by atomic mass is 9.84. The molecule has 1 fully saturated rings. The van der Waals surface area contributed by atoms with E-state index < -0.39 is 11.6 Å². The summed E-state index contributed by atoms with van der Waals surface area (Å²) in [5.41, 5.74) is 0.211. The first-order valence-corrected chi connectivity index (χ1v) is 7.67. The Morgan fingerprint density at radius 1 is 1.35 bits per heavy atom. The molecule has 112 valence electrons. The molecule has 1 unspecified atom stereocenters. The van der Waals surface area contributed by atoms with E-state index in [-0.39, 0.29) is 17.0 Å². The predicted octanol–water partition coefficient (Wildman–Crippen LogP) is 3.55. The summed E-state index contributed by atoms with van der Waals surface area (Å²) in [5.74, 6) is -0.965. The molecule has 0 saturated carbocycles. The zero-order chi connectivity index (χ0) is 14.9. The molecule has 0 aliphatic carbocycles. The first kappa shape index (κ1) is 15.9. The van der Waals surface area contributed by atoms with Gasteiger partial charge in [0.05, 0.1) is 4.47 Å². The van der Waals surface area contributed by atoms with Gasteiger partial charge in [-0.1, -0.05) is 20.8 Å². The molecule has 1 N–H and O–H groups in total. The van der Waals surface area contributed by atoms with Crippen LogP contribution in [0.25, 0.3) is 0 Å². The molecular weight excluding hydrogens is 326 g/mol. The predicted molar refractivity (Wildman–Crippen MR) is 80.6 cm³/mol. The van der Waals surface area contributed by atoms with Crippen molar-refractivity contribution < 1.29 is 8.78 Å². The zero-order valence-electron chi connectivity index (χ0n) is 12.1. The Kier molecular flexibility index (Phi) is 4.82. The topological polar surface area (TPSA) is 15.3 Å². The molecule has 1 heterocycles. The van der Waals surface area contributed by atoms with Crippen molar-refractivity contribution in [3.05, 3.63) is 33.8 Å². The molecule has 0 spiro atoms. The van der Waals surface area contributed by atoms with Crippen molar-refractivity contribution in [2.45, 2.75) is 33.4 Å². The smallest absolute Gasteiger partial charge is 0.144 e. The maximum absolute atomic E-state index is 14.1. The average Bonchev–Trinajstić information content (AvgIpc) is 2.38. The van der Waals surface area contributed by atoms with Crippen LogP contribution in [0.4, 0.5) is 8.78 Å². The Labute approximate surface area is 127 Å². The summed E-state index contributed by atoms with van der Waals surface area (Å²) in [6.45, 7) is 9.28. The van der Waals surface area contributed by atoms with E-state index in [0.29, 0.717) is 11.0 Å². The van der Waals surface area contributed by atoms with Crippen LogP contribution in [0.1, 0.15) is 26.3 Å². The quantitative estimate of drug-likeness (QED) is 0.824. The minimum Gasteiger partial charge on any atom is -0.314 e. The van der Waals surface area contributed by atoms with Crippen LogP contribution >= 0.6 is 15.9 Å². The van der Waals surface area contributed by atoms with E-state index >= 15 is 0 Å². The van der Waals surface area contributed by atoms with Crippen molar-refractivity contribution in [3.8, 4) is 0 Å². The minimum absolute atomic E-state index is 0.0619. The molecule has 0 bridgehead atoms. The molecule has 0 aromatic heterocycles. The van der Waals surface area contributed by atoms with Gasteiger partial charge in [-0.15, -0.1) is 0 Å². The first-order chi connectivity index (χ1) is 9.30. The van der Waals surface area contributed by atoms with E-state index in [2.05, 4.69) is 46.9 Å². The normalized spacial score (nSPS) is 21.2. The molecule has 20 heavy (non-hydrogen) atoms. The van der Waals surface area contributed by atoms with Gasteiger partial charge in [-0.05, 0) is 33.5 Å². The van der Waals surface area contributed by atoms with E-state index in [9.17, 15) is 8.78 Å². The van der Waals surface area contributed by atoms with Gasteiger partial charge in [0.25, 0.3) is 0 Å². The van der Waals surface area contributed by atoms with Crippen LogP contribution in [-0.4, -0.2) is 30.6 Å². The highest BCUT2D eigenvalue weighted by molar-refractivity contribution is 9.10. The number of hydrogen-bond acceptors (Lipinski definition) is 2. The number of halogens is 3. The molecule has 1 saturated heterocycles. The van der Waals surface area contributed by atoms with Crippen molar-refractivity contribution in [2.75, 3.05) is 19.6 Å². The number of nitrogens with one attached hydrogen (secondary N) is 1. The van der Waals surface area contributed by atoms with Gasteiger partial charge in [0.2, 0.25) is 0 Å². The van der Waals surface area contributed by atoms with Gasteiger partial charge in [-0.25, -0.2) is 8.78 Å². The third-order valence-corrected chi connectivity index (χ3v) is 4.47. The molecule has 2 rings (SSSR count). The third-order valence-electron chi connectivity index (χ3n) is 3.85. The molecule has 5 heteroatoms. The lowest BCUT2D eigenvalue weighted by Crippen LogP contribution is -2.56. The van der Waals surface area contributed by atoms with E-state index in [0.717, 1.165) is 19.6 Å². The largest absolute Gasteiger partial charge is 0.314 e. The lowest BCUT2D eigenvalue weighted by molar-refractivity contribution is 0.0669. The summed E-state index contributed by atoms with van der Waals surface area (Å²) < 4.78 is 28.3. The number of piperazine rings is 1. The van der Waals surface area contributed by atoms with Crippen LogP contribution in [-0.2, 0) is 6.54 Å². The van der Waals surface area contributed by atoms with Crippen LogP contribution in [0.5, 0.6) is 0 Å². The monoisotopic (exact) mass is 346 g/mol. The average molecular weight is 347 g/mol. The molecule has 1 aliphatic rings. The summed E-state index contributed by atoms with van der Waals surface area (Å²) in [6.07, 6.45) is 0. The van der Waals surface area contributed by atoms with Gasteiger partial charge in [0.15, 0.2) is 0 Å². The van der Waals surface area contributed by atoms with Crippen molar-refractivity contribution in [1.29, 1.82) is 0 Å². The van der Waals surface area contributed by atoms with E-state index in [1.165, 1.54) is 12.1 Å². The maximum Gasteiger partial charge on any atom is 0.144 e. The minimum atomic E-state index is -0.490. The Balaban J connectivity index is 2.26. The van der Waals surface area contributed by atoms with Gasteiger partial charge in [0, 0.05) is 37.8 Å². The van der Waals surface area contributed by atoms with Gasteiger partial charge in [-0.2, -0.15) is 0 Å². The summed E-state index contributed by atoms with van der Waals surface area (Å²) in [5, 5.41) is 3.36. The molecule has 1 atom stereocenters. The third kappa shape index (κ3) is 3.38. The fourth-order valence-corrected chi connectivity index (χ4v) is 3.08. The standard InChI is InChI=1S/C15H21BrF2N2/c1-15(2,3)13-8-19-6-7-20(13)9-10-12(17)5-4-11(16)14(10)18/h4-5,13,19H,6-9H2,1-3H3. The summed E-state index contributed by atoms with van der Waals surface area (Å²) >= 11 is 3.13. The van der Waals surface area contributed by atoms with Crippen molar-refractivity contribution in [2.24, 2.45) is 5.41 Å². The fraction of sp³-hybridized carbons (Fsp3) is 0.600. The summed E-state index contributed by atoms with van der Waals surface area (Å²) in [7, 11) is 0. The van der Waals surface area contributed by atoms with E-state index in [1.54, 1.807) is 0 Å². The molecule has 0 radical (unpaired) electrons. The number of benzene rings is 1.